The molecule has 0 radical (unpaired) electrons. The highest BCUT2D eigenvalue weighted by atomic mass is 16.5. The monoisotopic (exact) mass is 314 g/mol. The van der Waals surface area contributed by atoms with E-state index in [9.17, 15) is 14.4 Å². The van der Waals surface area contributed by atoms with Crippen LogP contribution in [-0.4, -0.2) is 50.2 Å². The van der Waals surface area contributed by atoms with Crippen LogP contribution >= 0.6 is 0 Å². The summed E-state index contributed by atoms with van der Waals surface area (Å²) in [6.07, 6.45) is 1.76. The van der Waals surface area contributed by atoms with Gasteiger partial charge in [0.1, 0.15) is 6.04 Å². The first-order valence-electron chi connectivity index (χ1n) is 7.91. The molecular weight excluding hydrogens is 288 g/mol. The van der Waals surface area contributed by atoms with Crippen LogP contribution in [0.25, 0.3) is 0 Å². The number of carbonyl (C=O) groups is 3. The minimum atomic E-state index is -0.799. The van der Waals surface area contributed by atoms with Crippen molar-refractivity contribution in [1.29, 1.82) is 0 Å². The average Bonchev–Trinajstić information content (AvgIpc) is 2.52. The predicted molar refractivity (Wildman–Crippen MR) is 80.0 cm³/mol. The van der Waals surface area contributed by atoms with Crippen molar-refractivity contribution >= 4 is 17.8 Å². The second-order valence-corrected chi connectivity index (χ2v) is 5.18. The highest BCUT2D eigenvalue weighted by Crippen LogP contribution is 2.13. The second-order valence-electron chi connectivity index (χ2n) is 5.18. The second kappa shape index (κ2) is 10.2. The van der Waals surface area contributed by atoms with Crippen molar-refractivity contribution in [1.82, 2.24) is 10.6 Å². The maximum Gasteiger partial charge on any atom is 0.328 e. The van der Waals surface area contributed by atoms with Crippen molar-refractivity contribution in [2.75, 3.05) is 26.3 Å². The zero-order valence-electron chi connectivity index (χ0n) is 13.4. The molecular formula is C15H26N2O5. The van der Waals surface area contributed by atoms with Gasteiger partial charge < -0.3 is 20.1 Å². The number of rotatable bonds is 8. The van der Waals surface area contributed by atoms with E-state index in [1.165, 1.54) is 0 Å². The highest BCUT2D eigenvalue weighted by molar-refractivity contribution is 5.86. The van der Waals surface area contributed by atoms with E-state index < -0.39 is 12.0 Å². The fourth-order valence-electron chi connectivity index (χ4n) is 2.36. The summed E-state index contributed by atoms with van der Waals surface area (Å²) in [7, 11) is 0. The van der Waals surface area contributed by atoms with Gasteiger partial charge >= 0.3 is 11.9 Å². The Balaban J connectivity index is 2.54. The van der Waals surface area contributed by atoms with Crippen LogP contribution in [0.3, 0.4) is 0 Å². The Morgan fingerprint density at radius 2 is 1.77 bits per heavy atom. The summed E-state index contributed by atoms with van der Waals surface area (Å²) in [4.78, 5) is 35.6. The van der Waals surface area contributed by atoms with Crippen LogP contribution < -0.4 is 10.6 Å². The van der Waals surface area contributed by atoms with E-state index in [1.54, 1.807) is 13.8 Å². The molecule has 0 saturated carbocycles. The summed E-state index contributed by atoms with van der Waals surface area (Å²) in [5, 5.41) is 5.91. The molecule has 7 nitrogen and oxygen atoms in total. The number of carbonyl (C=O) groups excluding carboxylic acids is 3. The molecule has 0 aromatic rings. The molecule has 0 aliphatic carbocycles. The fourth-order valence-corrected chi connectivity index (χ4v) is 2.36. The Kier molecular flexibility index (Phi) is 8.50. The van der Waals surface area contributed by atoms with Crippen LogP contribution in [0.1, 0.15) is 39.5 Å². The third-order valence-corrected chi connectivity index (χ3v) is 3.54. The number of nitrogens with one attached hydrogen (secondary N) is 2. The lowest BCUT2D eigenvalue weighted by Gasteiger charge is -2.24. The van der Waals surface area contributed by atoms with Gasteiger partial charge in [-0.3, -0.25) is 9.59 Å². The number of piperidine rings is 1. The smallest absolute Gasteiger partial charge is 0.328 e. The highest BCUT2D eigenvalue weighted by Gasteiger charge is 2.27. The van der Waals surface area contributed by atoms with Crippen LogP contribution in [0.5, 0.6) is 0 Å². The Bertz CT molecular complexity index is 380. The van der Waals surface area contributed by atoms with Crippen molar-refractivity contribution in [3.63, 3.8) is 0 Å². The molecule has 2 N–H and O–H groups in total. The van der Waals surface area contributed by atoms with Crippen LogP contribution in [0.2, 0.25) is 0 Å². The maximum atomic E-state index is 12.2. The molecule has 7 heteroatoms. The van der Waals surface area contributed by atoms with Gasteiger partial charge in [0.15, 0.2) is 0 Å². The summed E-state index contributed by atoms with van der Waals surface area (Å²) < 4.78 is 9.81. The summed E-state index contributed by atoms with van der Waals surface area (Å²) in [5.74, 6) is -1.13. The molecule has 1 amide bonds. The van der Waals surface area contributed by atoms with E-state index in [4.69, 9.17) is 9.47 Å². The van der Waals surface area contributed by atoms with E-state index in [-0.39, 0.29) is 37.2 Å². The van der Waals surface area contributed by atoms with Crippen LogP contribution in [0, 0.1) is 5.92 Å². The summed E-state index contributed by atoms with van der Waals surface area (Å²) >= 11 is 0. The van der Waals surface area contributed by atoms with Gasteiger partial charge in [0.25, 0.3) is 0 Å². The van der Waals surface area contributed by atoms with Gasteiger partial charge in [0.2, 0.25) is 5.91 Å². The van der Waals surface area contributed by atoms with Crippen LogP contribution in [0.15, 0.2) is 0 Å². The van der Waals surface area contributed by atoms with Gasteiger partial charge in [-0.15, -0.1) is 0 Å². The molecule has 22 heavy (non-hydrogen) atoms. The summed E-state index contributed by atoms with van der Waals surface area (Å²) in [6, 6.07) is -0.799. The van der Waals surface area contributed by atoms with Gasteiger partial charge in [-0.05, 0) is 46.2 Å². The minimum absolute atomic E-state index is 0.0732. The van der Waals surface area contributed by atoms with E-state index in [0.29, 0.717) is 6.61 Å². The van der Waals surface area contributed by atoms with E-state index >= 15 is 0 Å². The first-order chi connectivity index (χ1) is 10.6. The van der Waals surface area contributed by atoms with Gasteiger partial charge in [-0.2, -0.15) is 0 Å². The van der Waals surface area contributed by atoms with E-state index in [0.717, 1.165) is 25.9 Å². The predicted octanol–water partition coefficient (Wildman–Crippen LogP) is 0.377. The Morgan fingerprint density at radius 3 is 2.36 bits per heavy atom. The average molecular weight is 314 g/mol. The fraction of sp³-hybridized carbons (Fsp3) is 0.800. The zero-order valence-corrected chi connectivity index (χ0v) is 13.4. The lowest BCUT2D eigenvalue weighted by molar-refractivity contribution is -0.149. The molecule has 0 aromatic heterocycles. The zero-order chi connectivity index (χ0) is 16.4. The van der Waals surface area contributed by atoms with E-state index in [1.807, 2.05) is 0 Å². The molecule has 1 saturated heterocycles. The molecule has 1 aliphatic heterocycles. The third kappa shape index (κ3) is 6.43. The summed E-state index contributed by atoms with van der Waals surface area (Å²) in [6.45, 7) is 5.55. The van der Waals surface area contributed by atoms with Gasteiger partial charge in [0, 0.05) is 12.3 Å². The lowest BCUT2D eigenvalue weighted by Crippen LogP contribution is -2.46. The first kappa shape index (κ1) is 18.4. The van der Waals surface area contributed by atoms with Crippen LogP contribution in [-0.2, 0) is 23.9 Å². The largest absolute Gasteiger partial charge is 0.466 e. The van der Waals surface area contributed by atoms with Crippen molar-refractivity contribution in [2.45, 2.75) is 45.6 Å². The molecule has 0 bridgehead atoms. The number of hydrogen-bond donors (Lipinski definition) is 2. The van der Waals surface area contributed by atoms with E-state index in [2.05, 4.69) is 10.6 Å². The van der Waals surface area contributed by atoms with Gasteiger partial charge in [-0.1, -0.05) is 0 Å². The normalized spacial score (nSPS) is 16.6. The van der Waals surface area contributed by atoms with Gasteiger partial charge in [0.05, 0.1) is 13.2 Å². The molecule has 1 fully saturated rings. The van der Waals surface area contributed by atoms with Crippen molar-refractivity contribution in [2.24, 2.45) is 5.92 Å². The van der Waals surface area contributed by atoms with Crippen molar-refractivity contribution in [3.05, 3.63) is 0 Å². The first-order valence-corrected chi connectivity index (χ1v) is 7.91. The number of hydrogen-bond acceptors (Lipinski definition) is 6. The molecule has 0 unspecified atom stereocenters. The Hall–Kier alpha value is -1.63. The number of amides is 1. The SMILES string of the molecule is CCOC(=O)CC[C@H](NC(=O)C1CCNCC1)C(=O)OCC. The molecule has 0 spiro atoms. The van der Waals surface area contributed by atoms with Crippen molar-refractivity contribution in [3.8, 4) is 0 Å². The molecule has 1 heterocycles. The molecule has 126 valence electrons. The molecule has 0 aromatic carbocycles. The number of ether oxygens (including phenoxy) is 2. The maximum absolute atomic E-state index is 12.2. The minimum Gasteiger partial charge on any atom is -0.466 e. The molecule has 1 rings (SSSR count). The molecule has 1 atom stereocenters. The third-order valence-electron chi connectivity index (χ3n) is 3.54. The quantitative estimate of drug-likeness (QED) is 0.629. The van der Waals surface area contributed by atoms with Crippen LogP contribution in [0.4, 0.5) is 0 Å². The topological polar surface area (TPSA) is 93.7 Å². The van der Waals surface area contributed by atoms with Gasteiger partial charge in [-0.25, -0.2) is 4.79 Å². The summed E-state index contributed by atoms with van der Waals surface area (Å²) in [5.41, 5.74) is 0. The lowest BCUT2D eigenvalue weighted by atomic mass is 9.96. The Morgan fingerprint density at radius 1 is 1.14 bits per heavy atom. The molecule has 1 aliphatic rings. The van der Waals surface area contributed by atoms with Crippen molar-refractivity contribution < 1.29 is 23.9 Å². The standard InChI is InChI=1S/C15H26N2O5/c1-3-21-13(18)6-5-12(15(20)22-4-2)17-14(19)11-7-9-16-10-8-11/h11-12,16H,3-10H2,1-2H3,(H,17,19)/t12-/m0/s1. The number of esters is 2. The Labute approximate surface area is 131 Å².